The maximum atomic E-state index is 15.0. The van der Waals surface area contributed by atoms with Crippen LogP contribution in [0.2, 0.25) is 18.1 Å². The van der Waals surface area contributed by atoms with Crippen molar-refractivity contribution < 1.29 is 71.4 Å². The summed E-state index contributed by atoms with van der Waals surface area (Å²) in [4.78, 5) is 47.6. The standard InChI is InChI=1S/C62H89NO15Si/c1-16-34(2)52-37(5)26-27-61(76-52)32-43-29-42(75-61)25-24-36(4)51(35(3)20-19-21-41-33-70-56-53(78-79(14,15)60(9,10)11)38(6)28-46(59(66)73-43)62(41,56)67)47-30-48(68-12)54(39(7)71-47)74-50-31-49(69-13)55(40(8)72-50)77-63-57(64)44-22-17-18-23-45(44)58(63)65/h17-24,26-28,34-35,37,39-40,42-43,46-56,67H,16,25,29-33H2,1-15H3/b20-19+,36-24+,41-21+/t34-,35+,37+,39+,40+,42-,43+,46+,47-,48+,49+,50+,51?,52-,53-,54+,55+,56-,61-,62-/m1/s1. The number of amides is 2. The molecule has 16 nitrogen and oxygen atoms in total. The van der Waals surface area contributed by atoms with Gasteiger partial charge in [0.15, 0.2) is 20.4 Å². The maximum Gasteiger partial charge on any atom is 0.316 e. The van der Waals surface area contributed by atoms with E-state index in [1.165, 1.54) is 0 Å². The molecule has 1 spiro atoms. The van der Waals surface area contributed by atoms with E-state index in [1.807, 2.05) is 45.1 Å². The molecule has 2 bridgehead atoms. The Morgan fingerprint density at radius 1 is 0.861 bits per heavy atom. The minimum Gasteiger partial charge on any atom is -0.462 e. The van der Waals surface area contributed by atoms with Crippen molar-refractivity contribution in [3.63, 3.8) is 0 Å². The molecule has 0 saturated carbocycles. The van der Waals surface area contributed by atoms with E-state index < -0.39 is 105 Å². The van der Waals surface area contributed by atoms with Gasteiger partial charge in [-0.05, 0) is 93.4 Å². The number of allylic oxidation sites excluding steroid dienone is 3. The maximum absolute atomic E-state index is 15.0. The van der Waals surface area contributed by atoms with Crippen molar-refractivity contribution in [3.8, 4) is 0 Å². The van der Waals surface area contributed by atoms with Gasteiger partial charge in [0, 0.05) is 51.7 Å². The molecule has 436 valence electrons. The second-order valence-corrected chi connectivity index (χ2v) is 30.2. The summed E-state index contributed by atoms with van der Waals surface area (Å²) in [6.45, 7) is 27.7. The van der Waals surface area contributed by atoms with Crippen molar-refractivity contribution in [3.05, 3.63) is 94.6 Å². The van der Waals surface area contributed by atoms with Gasteiger partial charge in [0.1, 0.15) is 35.9 Å². The Balaban J connectivity index is 0.999. The fourth-order valence-corrected chi connectivity index (χ4v) is 14.5. The molecular weight excluding hydrogens is 1030 g/mol. The van der Waals surface area contributed by atoms with Crippen molar-refractivity contribution in [2.24, 2.45) is 29.6 Å². The lowest BCUT2D eigenvalue weighted by Crippen LogP contribution is -2.60. The Kier molecular flexibility index (Phi) is 17.8. The quantitative estimate of drug-likeness (QED) is 0.0958. The summed E-state index contributed by atoms with van der Waals surface area (Å²) in [5, 5.41) is 14.0. The number of esters is 1. The number of benzene rings is 1. The number of ether oxygens (including phenoxy) is 9. The molecule has 4 saturated heterocycles. The monoisotopic (exact) mass is 1120 g/mol. The molecule has 7 heterocycles. The van der Waals surface area contributed by atoms with Crippen LogP contribution < -0.4 is 0 Å². The Morgan fingerprint density at radius 2 is 1.53 bits per heavy atom. The van der Waals surface area contributed by atoms with Gasteiger partial charge in [0.25, 0.3) is 11.8 Å². The van der Waals surface area contributed by atoms with E-state index in [4.69, 9.17) is 51.9 Å². The van der Waals surface area contributed by atoms with Gasteiger partial charge >= 0.3 is 5.97 Å². The Morgan fingerprint density at radius 3 is 2.19 bits per heavy atom. The van der Waals surface area contributed by atoms with Crippen LogP contribution in [0.15, 0.2) is 83.5 Å². The number of hydrogen-bond acceptors (Lipinski definition) is 15. The van der Waals surface area contributed by atoms with Gasteiger partial charge in [-0.1, -0.05) is 109 Å². The molecule has 17 heteroatoms. The van der Waals surface area contributed by atoms with E-state index in [2.05, 4.69) is 86.7 Å². The molecule has 1 aliphatic carbocycles. The summed E-state index contributed by atoms with van der Waals surface area (Å²) in [5.74, 6) is -3.59. The molecular formula is C62H89NO15Si. The van der Waals surface area contributed by atoms with Crippen LogP contribution in [0.4, 0.5) is 0 Å². The molecule has 7 aliphatic heterocycles. The van der Waals surface area contributed by atoms with Crippen LogP contribution >= 0.6 is 0 Å². The second-order valence-electron chi connectivity index (χ2n) is 25.4. The summed E-state index contributed by atoms with van der Waals surface area (Å²) < 4.78 is 66.9. The third-order valence-electron chi connectivity index (χ3n) is 19.0. The zero-order valence-corrected chi connectivity index (χ0v) is 50.3. The highest BCUT2D eigenvalue weighted by molar-refractivity contribution is 6.74. The number of carbonyl (C=O) groups excluding carboxylic acids is 3. The third-order valence-corrected chi connectivity index (χ3v) is 23.4. The van der Waals surface area contributed by atoms with Gasteiger partial charge in [-0.15, -0.1) is 5.06 Å². The molecule has 1 aromatic rings. The second kappa shape index (κ2) is 23.5. The summed E-state index contributed by atoms with van der Waals surface area (Å²) in [6, 6.07) is 6.64. The average molecular weight is 1120 g/mol. The normalized spacial score (nSPS) is 42.3. The van der Waals surface area contributed by atoms with E-state index >= 15 is 0 Å². The molecule has 1 aromatic carbocycles. The van der Waals surface area contributed by atoms with Crippen molar-refractivity contribution in [2.45, 2.75) is 224 Å². The van der Waals surface area contributed by atoms with Crippen LogP contribution in [0.5, 0.6) is 0 Å². The topological polar surface area (TPSA) is 176 Å². The lowest BCUT2D eigenvalue weighted by molar-refractivity contribution is -0.316. The highest BCUT2D eigenvalue weighted by Crippen LogP contribution is 2.50. The number of hydrogen-bond donors (Lipinski definition) is 1. The Labute approximate surface area is 469 Å². The number of fused-ring (bicyclic) bond motifs is 3. The minimum atomic E-state index is -2.40. The first-order valence-electron chi connectivity index (χ1n) is 29.0. The van der Waals surface area contributed by atoms with Crippen LogP contribution in [0, 0.1) is 29.6 Å². The summed E-state index contributed by atoms with van der Waals surface area (Å²) in [7, 11) is 0.849. The van der Waals surface area contributed by atoms with E-state index in [9.17, 15) is 19.5 Å². The number of methoxy groups -OCH3 is 2. The van der Waals surface area contributed by atoms with Gasteiger partial charge in [0.05, 0.1) is 66.6 Å². The van der Waals surface area contributed by atoms with Gasteiger partial charge in [-0.25, -0.2) is 0 Å². The van der Waals surface area contributed by atoms with E-state index in [-0.39, 0.29) is 71.2 Å². The number of carbonyl (C=O) groups is 3. The van der Waals surface area contributed by atoms with Gasteiger partial charge in [-0.3, -0.25) is 19.2 Å². The Hall–Kier alpha value is -3.69. The number of hydroxylamine groups is 2. The largest absolute Gasteiger partial charge is 0.462 e. The molecule has 0 radical (unpaired) electrons. The first kappa shape index (κ1) is 59.9. The average Bonchev–Trinajstić information content (AvgIpc) is 3.89. The molecule has 79 heavy (non-hydrogen) atoms. The van der Waals surface area contributed by atoms with Gasteiger partial charge in [-0.2, -0.15) is 0 Å². The summed E-state index contributed by atoms with van der Waals surface area (Å²) >= 11 is 0. The lowest BCUT2D eigenvalue weighted by atomic mass is 9.71. The van der Waals surface area contributed by atoms with Crippen molar-refractivity contribution in [1.29, 1.82) is 0 Å². The van der Waals surface area contributed by atoms with Crippen LogP contribution in [0.3, 0.4) is 0 Å². The van der Waals surface area contributed by atoms with Crippen LogP contribution in [0.1, 0.15) is 135 Å². The predicted octanol–water partition coefficient (Wildman–Crippen LogP) is 9.92. The van der Waals surface area contributed by atoms with Crippen molar-refractivity contribution >= 4 is 26.1 Å². The highest BCUT2D eigenvalue weighted by atomic mass is 28.4. The van der Waals surface area contributed by atoms with Crippen molar-refractivity contribution in [1.82, 2.24) is 5.06 Å². The zero-order valence-electron chi connectivity index (χ0n) is 49.3. The van der Waals surface area contributed by atoms with Gasteiger partial charge < -0.3 is 52.2 Å². The molecule has 20 atom stereocenters. The van der Waals surface area contributed by atoms with Crippen molar-refractivity contribution in [2.75, 3.05) is 20.8 Å². The molecule has 1 unspecified atom stereocenters. The van der Waals surface area contributed by atoms with Crippen LogP contribution in [0.25, 0.3) is 0 Å². The fraction of sp³-hybridized carbons (Fsp3) is 0.694. The molecule has 8 aliphatic rings. The molecule has 0 aromatic heterocycles. The van der Waals surface area contributed by atoms with E-state index in [0.717, 1.165) is 22.6 Å². The van der Waals surface area contributed by atoms with Crippen LogP contribution in [-0.4, -0.2) is 148 Å². The number of rotatable bonds is 11. The molecule has 4 fully saturated rings. The fourth-order valence-electron chi connectivity index (χ4n) is 13.2. The van der Waals surface area contributed by atoms with Crippen LogP contribution in [-0.2, 0) is 56.7 Å². The minimum absolute atomic E-state index is 0.0947. The number of imide groups is 1. The molecule has 9 rings (SSSR count). The van der Waals surface area contributed by atoms with E-state index in [1.54, 1.807) is 38.5 Å². The Bertz CT molecular complexity index is 2540. The smallest absolute Gasteiger partial charge is 0.316 e. The summed E-state index contributed by atoms with van der Waals surface area (Å²) in [5.41, 5.74) is 1.32. The lowest BCUT2D eigenvalue weighted by Gasteiger charge is -2.49. The SMILES string of the molecule is CC[C@@H](C)[C@H]1O[C@]2(C=C[C@@H]1C)C[C@@H]1C[C@@H](C/C=C(\C)C([C@H]3C[C@H](OC)[C@@H](O[C@H]4C[C@H](OC)[C@@H](ON5C(=O)c6ccccc6C5=O)[C@H](C)O4)[C@H](C)O3)[C@@H](C)/C=C/C=C3\CO[C@@H]4[C@H](O[Si](C)(C)C(C)(C)C)C(C)=C[C@@H](C(=O)O1)[C@]34O)O2. The number of nitrogens with zero attached hydrogens (tertiary/aromatic N) is 1. The first-order valence-corrected chi connectivity index (χ1v) is 31.9. The predicted molar refractivity (Wildman–Crippen MR) is 298 cm³/mol. The first-order chi connectivity index (χ1) is 37.3. The third kappa shape index (κ3) is 11.7. The molecule has 1 N–H and O–H groups in total. The highest BCUT2D eigenvalue weighted by Gasteiger charge is 2.62. The molecule has 2 amide bonds. The summed E-state index contributed by atoms with van der Waals surface area (Å²) in [6.07, 6.45) is 10.3. The van der Waals surface area contributed by atoms with Gasteiger partial charge in [0.2, 0.25) is 0 Å². The number of aliphatic hydroxyl groups is 1. The zero-order chi connectivity index (χ0) is 57.1. The van der Waals surface area contributed by atoms with E-state index in [0.29, 0.717) is 31.3 Å².